The molecule has 0 N–H and O–H groups in total. The third-order valence-corrected chi connectivity index (χ3v) is 4.24. The average Bonchev–Trinajstić information content (AvgIpc) is 2.54. The SMILES string of the molecule is CC(C)c1cccc(C(C)(F)F)c1.CCc1c(F)cc(C(C)C)cc1F. The highest BCUT2D eigenvalue weighted by Crippen LogP contribution is 2.29. The third-order valence-electron chi connectivity index (χ3n) is 4.24. The van der Waals surface area contributed by atoms with Crippen LogP contribution in [0, 0.1) is 11.6 Å². The summed E-state index contributed by atoms with van der Waals surface area (Å²) in [6.07, 6.45) is 0.399. The molecule has 0 bridgehead atoms. The second-order valence-electron chi connectivity index (χ2n) is 7.14. The van der Waals surface area contributed by atoms with Crippen LogP contribution in [0.1, 0.15) is 75.6 Å². The number of alkyl halides is 2. The maximum Gasteiger partial charge on any atom is 0.270 e. The van der Waals surface area contributed by atoms with Gasteiger partial charge in [0, 0.05) is 18.1 Å². The van der Waals surface area contributed by atoms with Crippen molar-refractivity contribution < 1.29 is 17.6 Å². The summed E-state index contributed by atoms with van der Waals surface area (Å²) in [5.74, 6) is -3.13. The van der Waals surface area contributed by atoms with E-state index in [0.717, 1.165) is 12.5 Å². The molecule has 0 spiro atoms. The standard InChI is InChI=1S/2C11H14F2/c1-8(2)9-5-4-6-10(7-9)11(3,12)13;1-4-9-10(12)5-8(7(2)3)6-11(9)13/h4-8H,1-3H3;5-7H,4H2,1-3H3. The lowest BCUT2D eigenvalue weighted by molar-refractivity contribution is 0.0174. The quantitative estimate of drug-likeness (QED) is 0.488. The molecule has 0 aliphatic heterocycles. The van der Waals surface area contributed by atoms with Gasteiger partial charge in [0.15, 0.2) is 0 Å². The van der Waals surface area contributed by atoms with Gasteiger partial charge in [-0.1, -0.05) is 52.8 Å². The number of rotatable bonds is 4. The van der Waals surface area contributed by atoms with Crippen molar-refractivity contribution in [2.75, 3.05) is 0 Å². The summed E-state index contributed by atoms with van der Waals surface area (Å²) in [5.41, 5.74) is 1.95. The molecular formula is C22H28F4. The van der Waals surface area contributed by atoms with E-state index in [1.54, 1.807) is 19.1 Å². The van der Waals surface area contributed by atoms with E-state index in [0.29, 0.717) is 17.9 Å². The fourth-order valence-electron chi connectivity index (χ4n) is 2.46. The van der Waals surface area contributed by atoms with Crippen LogP contribution in [0.5, 0.6) is 0 Å². The highest BCUT2D eigenvalue weighted by atomic mass is 19.3. The number of halogens is 4. The van der Waals surface area contributed by atoms with Crippen molar-refractivity contribution in [2.24, 2.45) is 0 Å². The van der Waals surface area contributed by atoms with E-state index in [2.05, 4.69) is 0 Å². The minimum atomic E-state index is -2.73. The van der Waals surface area contributed by atoms with Crippen LogP contribution in [-0.4, -0.2) is 0 Å². The smallest absolute Gasteiger partial charge is 0.207 e. The molecule has 0 fully saturated rings. The minimum Gasteiger partial charge on any atom is -0.207 e. The van der Waals surface area contributed by atoms with Crippen LogP contribution in [-0.2, 0) is 12.3 Å². The van der Waals surface area contributed by atoms with Crippen molar-refractivity contribution >= 4 is 0 Å². The van der Waals surface area contributed by atoms with Gasteiger partial charge in [-0.3, -0.25) is 0 Å². The molecule has 0 radical (unpaired) electrons. The van der Waals surface area contributed by atoms with Gasteiger partial charge in [0.2, 0.25) is 0 Å². The van der Waals surface area contributed by atoms with Gasteiger partial charge in [0.25, 0.3) is 5.92 Å². The summed E-state index contributed by atoms with van der Waals surface area (Å²) in [7, 11) is 0. The second kappa shape index (κ2) is 9.20. The average molecular weight is 368 g/mol. The van der Waals surface area contributed by atoms with Crippen molar-refractivity contribution in [3.8, 4) is 0 Å². The Labute approximate surface area is 154 Å². The van der Waals surface area contributed by atoms with Crippen LogP contribution >= 0.6 is 0 Å². The Morgan fingerprint density at radius 3 is 1.73 bits per heavy atom. The molecule has 0 saturated heterocycles. The first kappa shape index (κ1) is 22.2. The van der Waals surface area contributed by atoms with Crippen LogP contribution < -0.4 is 0 Å². The Bertz CT molecular complexity index is 689. The van der Waals surface area contributed by atoms with Crippen LogP contribution in [0.25, 0.3) is 0 Å². The first-order valence-electron chi connectivity index (χ1n) is 8.93. The Hall–Kier alpha value is -1.84. The number of hydrogen-bond acceptors (Lipinski definition) is 0. The summed E-state index contributed by atoms with van der Waals surface area (Å²) >= 11 is 0. The minimum absolute atomic E-state index is 0.0960. The number of benzene rings is 2. The molecular weight excluding hydrogens is 340 g/mol. The van der Waals surface area contributed by atoms with Gasteiger partial charge in [-0.05, 0) is 47.6 Å². The van der Waals surface area contributed by atoms with E-state index in [1.165, 1.54) is 18.2 Å². The van der Waals surface area contributed by atoms with Crippen LogP contribution in [0.3, 0.4) is 0 Å². The van der Waals surface area contributed by atoms with E-state index in [1.807, 2.05) is 33.8 Å². The van der Waals surface area contributed by atoms with Crippen LogP contribution in [0.2, 0.25) is 0 Å². The first-order chi connectivity index (χ1) is 12.0. The molecule has 0 amide bonds. The zero-order valence-corrected chi connectivity index (χ0v) is 16.3. The van der Waals surface area contributed by atoms with Crippen molar-refractivity contribution in [3.63, 3.8) is 0 Å². The highest BCUT2D eigenvalue weighted by Gasteiger charge is 2.24. The largest absolute Gasteiger partial charge is 0.270 e. The van der Waals surface area contributed by atoms with Gasteiger partial charge in [0.1, 0.15) is 11.6 Å². The topological polar surface area (TPSA) is 0 Å². The highest BCUT2D eigenvalue weighted by molar-refractivity contribution is 5.29. The molecule has 0 aliphatic rings. The maximum absolute atomic E-state index is 13.2. The molecule has 0 aromatic heterocycles. The summed E-state index contributed by atoms with van der Waals surface area (Å²) < 4.78 is 52.3. The van der Waals surface area contributed by atoms with Crippen molar-refractivity contribution in [2.45, 2.75) is 65.7 Å². The summed E-state index contributed by atoms with van der Waals surface area (Å²) in [6, 6.07) is 9.44. The van der Waals surface area contributed by atoms with Crippen molar-refractivity contribution in [3.05, 3.63) is 70.3 Å². The maximum atomic E-state index is 13.2. The molecule has 2 aromatic carbocycles. The Morgan fingerprint density at radius 1 is 0.846 bits per heavy atom. The molecule has 0 nitrogen and oxygen atoms in total. The fraction of sp³-hybridized carbons (Fsp3) is 0.455. The van der Waals surface area contributed by atoms with Crippen molar-refractivity contribution in [1.29, 1.82) is 0 Å². The normalized spacial score (nSPS) is 11.5. The lowest BCUT2D eigenvalue weighted by Gasteiger charge is -2.13. The summed E-state index contributed by atoms with van der Waals surface area (Å²) in [5, 5.41) is 0. The lowest BCUT2D eigenvalue weighted by atomic mass is 9.99. The number of hydrogen-bond donors (Lipinski definition) is 0. The first-order valence-corrected chi connectivity index (χ1v) is 8.93. The molecule has 0 unspecified atom stereocenters. The van der Waals surface area contributed by atoms with Crippen LogP contribution in [0.15, 0.2) is 36.4 Å². The van der Waals surface area contributed by atoms with E-state index in [4.69, 9.17) is 0 Å². The molecule has 4 heteroatoms. The van der Waals surface area contributed by atoms with E-state index >= 15 is 0 Å². The second-order valence-corrected chi connectivity index (χ2v) is 7.14. The Morgan fingerprint density at radius 2 is 1.35 bits per heavy atom. The van der Waals surface area contributed by atoms with Crippen molar-refractivity contribution in [1.82, 2.24) is 0 Å². The molecule has 2 rings (SSSR count). The summed E-state index contributed by atoms with van der Waals surface area (Å²) in [4.78, 5) is 0. The van der Waals surface area contributed by atoms with E-state index < -0.39 is 17.6 Å². The molecule has 2 aromatic rings. The molecule has 0 atom stereocenters. The zero-order chi connectivity index (χ0) is 20.1. The van der Waals surface area contributed by atoms with Gasteiger partial charge in [0.05, 0.1) is 0 Å². The summed E-state index contributed by atoms with van der Waals surface area (Å²) in [6.45, 7) is 10.5. The van der Waals surface area contributed by atoms with E-state index in [-0.39, 0.29) is 17.0 Å². The third kappa shape index (κ3) is 6.15. The van der Waals surface area contributed by atoms with Gasteiger partial charge in [-0.2, -0.15) is 0 Å². The van der Waals surface area contributed by atoms with Crippen LogP contribution in [0.4, 0.5) is 17.6 Å². The monoisotopic (exact) mass is 368 g/mol. The Kier molecular flexibility index (Phi) is 7.86. The van der Waals surface area contributed by atoms with E-state index in [9.17, 15) is 17.6 Å². The lowest BCUT2D eigenvalue weighted by Crippen LogP contribution is -2.07. The van der Waals surface area contributed by atoms with Gasteiger partial charge < -0.3 is 0 Å². The van der Waals surface area contributed by atoms with Gasteiger partial charge in [-0.25, -0.2) is 17.6 Å². The molecule has 0 heterocycles. The van der Waals surface area contributed by atoms with Gasteiger partial charge in [-0.15, -0.1) is 0 Å². The molecule has 26 heavy (non-hydrogen) atoms. The predicted molar refractivity (Wildman–Crippen MR) is 99.9 cm³/mol. The predicted octanol–water partition coefficient (Wildman–Crippen LogP) is 7.57. The fourth-order valence-corrected chi connectivity index (χ4v) is 2.46. The zero-order valence-electron chi connectivity index (χ0n) is 16.3. The molecule has 0 aliphatic carbocycles. The molecule has 0 saturated carbocycles. The Balaban J connectivity index is 0.000000260. The van der Waals surface area contributed by atoms with Gasteiger partial charge >= 0.3 is 0 Å². The molecule has 144 valence electrons.